The monoisotopic (exact) mass is 482 g/mol. The van der Waals surface area contributed by atoms with E-state index in [1.807, 2.05) is 13.0 Å². The van der Waals surface area contributed by atoms with E-state index in [2.05, 4.69) is 76.4 Å². The van der Waals surface area contributed by atoms with Crippen LogP contribution in [0.4, 0.5) is 11.4 Å². The molecule has 1 aliphatic heterocycles. The quantitative estimate of drug-likeness (QED) is 0.213. The lowest BCUT2D eigenvalue weighted by atomic mass is 9.91. The maximum absolute atomic E-state index is 6.52. The molecule has 2 aromatic rings. The standard InChI is InChI=1S/C24H29ClN2.C6H14O/c1-16(2)20-10-12-27(13-11-20)21-8-9-23(25)22(15-21)19(5)26-24-14-17(3)6-7-18(24)4;1-3-5-7-6-4-2/h6-9,14-15,20H,1,10-13H2,2-5H3;3-6H2,1-2H3. The average Bonchev–Trinajstić information content (AvgIpc) is 2.82. The highest BCUT2D eigenvalue weighted by Crippen LogP contribution is 2.30. The molecular formula is C30H43ClN2O. The highest BCUT2D eigenvalue weighted by Gasteiger charge is 2.20. The zero-order chi connectivity index (χ0) is 25.1. The lowest BCUT2D eigenvalue weighted by Crippen LogP contribution is -2.33. The number of hydrogen-bond acceptors (Lipinski definition) is 3. The fourth-order valence-corrected chi connectivity index (χ4v) is 4.34. The SMILES string of the molecule is C=C(C)C1CCN(c2ccc(Cl)c(C(C)=Nc3cc(C)ccc3C)c2)CC1.CCCOCCC. The summed E-state index contributed by atoms with van der Waals surface area (Å²) in [5.41, 5.74) is 7.90. The maximum Gasteiger partial charge on any atom is 0.0664 e. The lowest BCUT2D eigenvalue weighted by Gasteiger charge is -2.34. The van der Waals surface area contributed by atoms with E-state index in [-0.39, 0.29) is 0 Å². The predicted molar refractivity (Wildman–Crippen MR) is 150 cm³/mol. The highest BCUT2D eigenvalue weighted by molar-refractivity contribution is 6.34. The van der Waals surface area contributed by atoms with Crippen molar-refractivity contribution in [2.24, 2.45) is 10.9 Å². The minimum Gasteiger partial charge on any atom is -0.381 e. The van der Waals surface area contributed by atoms with Gasteiger partial charge in [-0.15, -0.1) is 0 Å². The van der Waals surface area contributed by atoms with E-state index >= 15 is 0 Å². The van der Waals surface area contributed by atoms with Gasteiger partial charge in [-0.25, -0.2) is 0 Å². The van der Waals surface area contributed by atoms with Crippen molar-refractivity contribution in [2.75, 3.05) is 31.2 Å². The van der Waals surface area contributed by atoms with Gasteiger partial charge in [0.2, 0.25) is 0 Å². The number of hydrogen-bond donors (Lipinski definition) is 0. The van der Waals surface area contributed by atoms with Gasteiger partial charge in [0.15, 0.2) is 0 Å². The summed E-state index contributed by atoms with van der Waals surface area (Å²) < 4.78 is 5.13. The highest BCUT2D eigenvalue weighted by atomic mass is 35.5. The molecule has 0 unspecified atom stereocenters. The van der Waals surface area contributed by atoms with Gasteiger partial charge in [0.1, 0.15) is 0 Å². The van der Waals surface area contributed by atoms with Crippen LogP contribution in [0.25, 0.3) is 0 Å². The fourth-order valence-electron chi connectivity index (χ4n) is 4.09. The van der Waals surface area contributed by atoms with Crippen LogP contribution in [0.15, 0.2) is 53.5 Å². The van der Waals surface area contributed by atoms with Crippen LogP contribution in [-0.4, -0.2) is 32.0 Å². The van der Waals surface area contributed by atoms with Crippen LogP contribution >= 0.6 is 11.6 Å². The van der Waals surface area contributed by atoms with Gasteiger partial charge >= 0.3 is 0 Å². The molecular weight excluding hydrogens is 440 g/mol. The van der Waals surface area contributed by atoms with E-state index in [4.69, 9.17) is 21.3 Å². The van der Waals surface area contributed by atoms with Crippen LogP contribution < -0.4 is 4.90 Å². The molecule has 0 aliphatic carbocycles. The summed E-state index contributed by atoms with van der Waals surface area (Å²) in [5, 5.41) is 0.752. The first-order chi connectivity index (χ1) is 16.3. The van der Waals surface area contributed by atoms with Gasteiger partial charge in [0, 0.05) is 48.3 Å². The van der Waals surface area contributed by atoms with Crippen LogP contribution in [0.2, 0.25) is 5.02 Å². The molecule has 0 atom stereocenters. The minimum absolute atomic E-state index is 0.653. The van der Waals surface area contributed by atoms with E-state index in [0.717, 1.165) is 61.1 Å². The van der Waals surface area contributed by atoms with Gasteiger partial charge in [-0.3, -0.25) is 4.99 Å². The van der Waals surface area contributed by atoms with E-state index in [1.54, 1.807) is 0 Å². The molecule has 2 aromatic carbocycles. The van der Waals surface area contributed by atoms with Gasteiger partial charge in [-0.1, -0.05) is 49.7 Å². The number of nitrogens with zero attached hydrogens (tertiary/aromatic N) is 2. The third-order valence-corrected chi connectivity index (χ3v) is 6.58. The van der Waals surface area contributed by atoms with Gasteiger partial charge in [-0.05, 0) is 94.7 Å². The molecule has 0 spiro atoms. The lowest BCUT2D eigenvalue weighted by molar-refractivity contribution is 0.135. The number of aliphatic imine (C=N–C) groups is 1. The van der Waals surface area contributed by atoms with E-state index in [9.17, 15) is 0 Å². The fraction of sp³-hybridized carbons (Fsp3) is 0.500. The number of rotatable bonds is 8. The molecule has 0 bridgehead atoms. The van der Waals surface area contributed by atoms with Crippen molar-refractivity contribution in [1.29, 1.82) is 0 Å². The zero-order valence-electron chi connectivity index (χ0n) is 22.1. The summed E-state index contributed by atoms with van der Waals surface area (Å²) in [6.07, 6.45) is 4.62. The molecule has 1 fully saturated rings. The Labute approximate surface area is 212 Å². The number of halogens is 1. The Hall–Kier alpha value is -2.10. The largest absolute Gasteiger partial charge is 0.381 e. The Morgan fingerprint density at radius 2 is 1.68 bits per heavy atom. The summed E-state index contributed by atoms with van der Waals surface area (Å²) in [4.78, 5) is 7.32. The molecule has 0 aromatic heterocycles. The second-order valence-electron chi connectivity index (χ2n) is 9.37. The molecule has 34 heavy (non-hydrogen) atoms. The Balaban J connectivity index is 0.000000509. The molecule has 3 rings (SSSR count). The smallest absolute Gasteiger partial charge is 0.0664 e. The van der Waals surface area contributed by atoms with E-state index in [0.29, 0.717) is 5.92 Å². The summed E-state index contributed by atoms with van der Waals surface area (Å²) in [7, 11) is 0. The topological polar surface area (TPSA) is 24.8 Å². The average molecular weight is 483 g/mol. The third-order valence-electron chi connectivity index (χ3n) is 6.25. The number of anilines is 1. The van der Waals surface area contributed by atoms with Crippen molar-refractivity contribution < 1.29 is 4.74 Å². The Morgan fingerprint density at radius 1 is 1.03 bits per heavy atom. The molecule has 0 saturated carbocycles. The van der Waals surface area contributed by atoms with Crippen LogP contribution in [0, 0.1) is 19.8 Å². The van der Waals surface area contributed by atoms with Crippen LogP contribution in [0.3, 0.4) is 0 Å². The molecule has 0 amide bonds. The van der Waals surface area contributed by atoms with E-state index in [1.165, 1.54) is 35.2 Å². The number of allylic oxidation sites excluding steroid dienone is 1. The Morgan fingerprint density at radius 3 is 2.26 bits per heavy atom. The van der Waals surface area contributed by atoms with Crippen molar-refractivity contribution in [3.8, 4) is 0 Å². The van der Waals surface area contributed by atoms with Gasteiger partial charge in [0.25, 0.3) is 0 Å². The number of piperidine rings is 1. The summed E-state index contributed by atoms with van der Waals surface area (Å²) in [6, 6.07) is 12.7. The predicted octanol–water partition coefficient (Wildman–Crippen LogP) is 8.71. The molecule has 1 heterocycles. The van der Waals surface area contributed by atoms with Gasteiger partial charge in [-0.2, -0.15) is 0 Å². The van der Waals surface area contributed by atoms with Gasteiger partial charge < -0.3 is 9.64 Å². The second kappa shape index (κ2) is 14.3. The first-order valence-electron chi connectivity index (χ1n) is 12.7. The molecule has 4 heteroatoms. The first kappa shape index (κ1) is 28.1. The normalized spacial score (nSPS) is 14.6. The van der Waals surface area contributed by atoms with Crippen LogP contribution in [-0.2, 0) is 4.74 Å². The summed E-state index contributed by atoms with van der Waals surface area (Å²) in [6.45, 7) is 20.7. The zero-order valence-corrected chi connectivity index (χ0v) is 22.8. The van der Waals surface area contributed by atoms with Crippen LogP contribution in [0.1, 0.15) is 70.1 Å². The number of ether oxygens (including phenoxy) is 1. The van der Waals surface area contributed by atoms with Crippen molar-refractivity contribution in [1.82, 2.24) is 0 Å². The van der Waals surface area contributed by atoms with Crippen molar-refractivity contribution in [2.45, 2.75) is 67.2 Å². The van der Waals surface area contributed by atoms with Crippen molar-refractivity contribution in [3.05, 3.63) is 70.3 Å². The van der Waals surface area contributed by atoms with Crippen molar-refractivity contribution in [3.63, 3.8) is 0 Å². The molecule has 1 saturated heterocycles. The number of aryl methyl sites for hydroxylation is 2. The Kier molecular flexibility index (Phi) is 11.9. The van der Waals surface area contributed by atoms with Gasteiger partial charge in [0.05, 0.1) is 5.69 Å². The molecule has 0 N–H and O–H groups in total. The second-order valence-corrected chi connectivity index (χ2v) is 9.78. The molecule has 186 valence electrons. The molecule has 1 aliphatic rings. The van der Waals surface area contributed by atoms with Crippen LogP contribution in [0.5, 0.6) is 0 Å². The summed E-state index contributed by atoms with van der Waals surface area (Å²) >= 11 is 6.52. The van der Waals surface area contributed by atoms with Crippen molar-refractivity contribution >= 4 is 28.7 Å². The number of benzene rings is 2. The third kappa shape index (κ3) is 8.60. The molecule has 3 nitrogen and oxygen atoms in total. The maximum atomic E-state index is 6.52. The minimum atomic E-state index is 0.653. The Bertz CT molecular complexity index is 954. The van der Waals surface area contributed by atoms with E-state index < -0.39 is 0 Å². The first-order valence-corrected chi connectivity index (χ1v) is 13.0. The summed E-state index contributed by atoms with van der Waals surface area (Å²) in [5.74, 6) is 0.653. The molecule has 0 radical (unpaired) electrons.